The van der Waals surface area contributed by atoms with Crippen LogP contribution in [0.2, 0.25) is 0 Å². The minimum atomic E-state index is -1.09. The molecule has 76 valence electrons. The molecule has 0 saturated heterocycles. The molecule has 0 radical (unpaired) electrons. The first-order valence-corrected chi connectivity index (χ1v) is 3.85. The van der Waals surface area contributed by atoms with Crippen molar-refractivity contribution in [3.63, 3.8) is 0 Å². The van der Waals surface area contributed by atoms with Crippen LogP contribution in [0.25, 0.3) is 0 Å². The number of phenols is 2. The monoisotopic (exact) mass is 198 g/mol. The van der Waals surface area contributed by atoms with Crippen molar-refractivity contribution in [2.75, 3.05) is 7.11 Å². The Morgan fingerprint density at radius 2 is 2.07 bits per heavy atom. The zero-order valence-electron chi connectivity index (χ0n) is 7.52. The van der Waals surface area contributed by atoms with Crippen LogP contribution in [0.5, 0.6) is 17.2 Å². The van der Waals surface area contributed by atoms with Crippen LogP contribution >= 0.6 is 0 Å². The highest BCUT2D eigenvalue weighted by atomic mass is 16.5. The zero-order valence-corrected chi connectivity index (χ0v) is 7.52. The van der Waals surface area contributed by atoms with Crippen molar-refractivity contribution < 1.29 is 24.9 Å². The fourth-order valence-corrected chi connectivity index (χ4v) is 1.10. The molecule has 0 amide bonds. The molecule has 0 aliphatic rings. The molecule has 1 aromatic carbocycles. The molecule has 0 bridgehead atoms. The van der Waals surface area contributed by atoms with Gasteiger partial charge in [0.15, 0.2) is 11.5 Å². The maximum absolute atomic E-state index is 10.4. The third-order valence-electron chi connectivity index (χ3n) is 1.70. The second-order valence-corrected chi connectivity index (χ2v) is 2.73. The smallest absolute Gasteiger partial charge is 0.307 e. The minimum Gasteiger partial charge on any atom is -0.508 e. The third kappa shape index (κ3) is 2.07. The van der Waals surface area contributed by atoms with Crippen LogP contribution in [0, 0.1) is 0 Å². The van der Waals surface area contributed by atoms with Crippen molar-refractivity contribution >= 4 is 5.97 Å². The lowest BCUT2D eigenvalue weighted by Gasteiger charge is -2.07. The molecule has 0 aliphatic heterocycles. The van der Waals surface area contributed by atoms with E-state index in [9.17, 15) is 15.0 Å². The number of carboxylic acids is 1. The van der Waals surface area contributed by atoms with Gasteiger partial charge in [-0.3, -0.25) is 4.79 Å². The van der Waals surface area contributed by atoms with Crippen LogP contribution in [0.3, 0.4) is 0 Å². The number of phenolic OH excluding ortho intramolecular Hbond substituents is 2. The van der Waals surface area contributed by atoms with Gasteiger partial charge >= 0.3 is 5.97 Å². The maximum atomic E-state index is 10.4. The Hall–Kier alpha value is -1.91. The van der Waals surface area contributed by atoms with Crippen LogP contribution < -0.4 is 4.74 Å². The molecule has 0 saturated carbocycles. The molecular formula is C9H10O5. The van der Waals surface area contributed by atoms with Crippen molar-refractivity contribution in [2.45, 2.75) is 6.42 Å². The molecule has 0 fully saturated rings. The average Bonchev–Trinajstić information content (AvgIpc) is 2.09. The van der Waals surface area contributed by atoms with Crippen molar-refractivity contribution in [3.05, 3.63) is 17.7 Å². The highest BCUT2D eigenvalue weighted by molar-refractivity contribution is 5.72. The number of aromatic hydroxyl groups is 2. The van der Waals surface area contributed by atoms with Crippen molar-refractivity contribution in [1.29, 1.82) is 0 Å². The fraction of sp³-hybridized carbons (Fsp3) is 0.222. The molecule has 5 nitrogen and oxygen atoms in total. The van der Waals surface area contributed by atoms with Crippen LogP contribution in [-0.2, 0) is 11.2 Å². The summed E-state index contributed by atoms with van der Waals surface area (Å²) in [4.78, 5) is 10.4. The highest BCUT2D eigenvalue weighted by Gasteiger charge is 2.12. The summed E-state index contributed by atoms with van der Waals surface area (Å²) in [7, 11) is 1.32. The summed E-state index contributed by atoms with van der Waals surface area (Å²) in [5.41, 5.74) is 0.120. The van der Waals surface area contributed by atoms with Crippen LogP contribution in [0.4, 0.5) is 0 Å². The predicted molar refractivity (Wildman–Crippen MR) is 47.7 cm³/mol. The molecular weight excluding hydrogens is 188 g/mol. The topological polar surface area (TPSA) is 87.0 Å². The number of hydrogen-bond acceptors (Lipinski definition) is 4. The third-order valence-corrected chi connectivity index (χ3v) is 1.70. The predicted octanol–water partition coefficient (Wildman–Crippen LogP) is 0.733. The molecule has 0 atom stereocenters. The van der Waals surface area contributed by atoms with Crippen LogP contribution in [0.1, 0.15) is 5.56 Å². The number of rotatable bonds is 3. The Balaban J connectivity index is 3.15. The van der Waals surface area contributed by atoms with Gasteiger partial charge in [-0.25, -0.2) is 0 Å². The minimum absolute atomic E-state index is 0.0567. The highest BCUT2D eigenvalue weighted by Crippen LogP contribution is 2.34. The van der Waals surface area contributed by atoms with Crippen molar-refractivity contribution in [1.82, 2.24) is 0 Å². The zero-order chi connectivity index (χ0) is 10.7. The average molecular weight is 198 g/mol. The molecule has 3 N–H and O–H groups in total. The van der Waals surface area contributed by atoms with Gasteiger partial charge in [-0.1, -0.05) is 0 Å². The molecule has 0 aromatic heterocycles. The fourth-order valence-electron chi connectivity index (χ4n) is 1.10. The summed E-state index contributed by atoms with van der Waals surface area (Å²) in [5.74, 6) is -1.43. The number of carbonyl (C=O) groups is 1. The molecule has 14 heavy (non-hydrogen) atoms. The van der Waals surface area contributed by atoms with E-state index in [0.29, 0.717) is 0 Å². The van der Waals surface area contributed by atoms with Crippen LogP contribution in [-0.4, -0.2) is 28.4 Å². The van der Waals surface area contributed by atoms with E-state index >= 15 is 0 Å². The standard InChI is InChI=1S/C9H10O5/c1-14-7-4-6(10)2-5(9(7)13)3-8(11)12/h2,4,10,13H,3H2,1H3,(H,11,12). The van der Waals surface area contributed by atoms with Gasteiger partial charge in [0, 0.05) is 11.6 Å². The lowest BCUT2D eigenvalue weighted by Crippen LogP contribution is -2.00. The summed E-state index contributed by atoms with van der Waals surface area (Å²) >= 11 is 0. The second-order valence-electron chi connectivity index (χ2n) is 2.73. The molecule has 0 spiro atoms. The maximum Gasteiger partial charge on any atom is 0.307 e. The number of carboxylic acid groups (broad SMARTS) is 1. The molecule has 5 heteroatoms. The van der Waals surface area contributed by atoms with E-state index in [2.05, 4.69) is 0 Å². The normalized spacial score (nSPS) is 9.79. The number of methoxy groups -OCH3 is 1. The summed E-state index contributed by atoms with van der Waals surface area (Å²) in [6.45, 7) is 0. The van der Waals surface area contributed by atoms with E-state index in [-0.39, 0.29) is 29.2 Å². The van der Waals surface area contributed by atoms with Gasteiger partial charge in [-0.05, 0) is 6.07 Å². The molecule has 0 unspecified atom stereocenters. The Morgan fingerprint density at radius 3 is 2.57 bits per heavy atom. The molecule has 1 rings (SSSR count). The summed E-state index contributed by atoms with van der Waals surface area (Å²) in [6, 6.07) is 2.40. The first kappa shape index (κ1) is 10.2. The second kappa shape index (κ2) is 3.87. The van der Waals surface area contributed by atoms with E-state index in [1.54, 1.807) is 0 Å². The molecule has 1 aromatic rings. The Labute approximate surface area is 80.2 Å². The van der Waals surface area contributed by atoms with Gasteiger partial charge < -0.3 is 20.1 Å². The van der Waals surface area contributed by atoms with Gasteiger partial charge in [-0.2, -0.15) is 0 Å². The van der Waals surface area contributed by atoms with E-state index in [1.165, 1.54) is 19.2 Å². The van der Waals surface area contributed by atoms with E-state index in [4.69, 9.17) is 9.84 Å². The van der Waals surface area contributed by atoms with Gasteiger partial charge in [0.25, 0.3) is 0 Å². The van der Waals surface area contributed by atoms with Crippen molar-refractivity contribution in [2.24, 2.45) is 0 Å². The Morgan fingerprint density at radius 1 is 1.43 bits per heavy atom. The SMILES string of the molecule is COc1cc(O)cc(CC(=O)O)c1O. The summed E-state index contributed by atoms with van der Waals surface area (Å²) in [6.07, 6.45) is -0.364. The van der Waals surface area contributed by atoms with Crippen LogP contribution in [0.15, 0.2) is 12.1 Å². The van der Waals surface area contributed by atoms with Gasteiger partial charge in [0.2, 0.25) is 0 Å². The summed E-state index contributed by atoms with van der Waals surface area (Å²) in [5, 5.41) is 27.2. The van der Waals surface area contributed by atoms with Gasteiger partial charge in [-0.15, -0.1) is 0 Å². The van der Waals surface area contributed by atoms with Crippen molar-refractivity contribution in [3.8, 4) is 17.2 Å². The van der Waals surface area contributed by atoms with E-state index in [0.717, 1.165) is 0 Å². The quantitative estimate of drug-likeness (QED) is 0.623. The number of ether oxygens (including phenoxy) is 1. The lowest BCUT2D eigenvalue weighted by atomic mass is 10.1. The Kier molecular flexibility index (Phi) is 2.81. The van der Waals surface area contributed by atoms with E-state index in [1.807, 2.05) is 0 Å². The molecule has 0 heterocycles. The van der Waals surface area contributed by atoms with Gasteiger partial charge in [0.05, 0.1) is 13.5 Å². The largest absolute Gasteiger partial charge is 0.508 e. The van der Waals surface area contributed by atoms with Gasteiger partial charge in [0.1, 0.15) is 5.75 Å². The first-order chi connectivity index (χ1) is 6.54. The molecule has 0 aliphatic carbocycles. The first-order valence-electron chi connectivity index (χ1n) is 3.85. The Bertz CT molecular complexity index is 358. The number of aliphatic carboxylic acids is 1. The van der Waals surface area contributed by atoms with E-state index < -0.39 is 5.97 Å². The number of benzene rings is 1. The number of hydrogen-bond donors (Lipinski definition) is 3. The summed E-state index contributed by atoms with van der Waals surface area (Å²) < 4.78 is 4.75. The lowest BCUT2D eigenvalue weighted by molar-refractivity contribution is -0.136.